The Balaban J connectivity index is 1.60. The number of para-hydroxylation sites is 2. The Hall–Kier alpha value is -2.71. The van der Waals surface area contributed by atoms with E-state index < -0.39 is 6.61 Å². The van der Waals surface area contributed by atoms with Crippen molar-refractivity contribution < 1.29 is 9.90 Å². The standard InChI is InChI=1S/C17H17ClN6O2/c18-11-9-19-17(24-7-5-23(6-8-24)14(26)10-25)22-15(11)16-20-12-3-1-2-4-13(12)21-16/h1-4,9,25H,5-8,10H2,(H,20,21). The van der Waals surface area contributed by atoms with Crippen molar-refractivity contribution in [2.24, 2.45) is 0 Å². The molecule has 3 aromatic rings. The highest BCUT2D eigenvalue weighted by Gasteiger charge is 2.23. The van der Waals surface area contributed by atoms with Gasteiger partial charge in [0.05, 0.1) is 22.3 Å². The Morgan fingerprint density at radius 2 is 1.96 bits per heavy atom. The van der Waals surface area contributed by atoms with Crippen molar-refractivity contribution in [1.82, 2.24) is 24.8 Å². The average molecular weight is 373 g/mol. The van der Waals surface area contributed by atoms with Gasteiger partial charge in [-0.3, -0.25) is 4.79 Å². The highest BCUT2D eigenvalue weighted by Crippen LogP contribution is 2.27. The molecule has 2 N–H and O–H groups in total. The summed E-state index contributed by atoms with van der Waals surface area (Å²) in [5.74, 6) is 0.875. The summed E-state index contributed by atoms with van der Waals surface area (Å²) in [5, 5.41) is 9.39. The number of anilines is 1. The lowest BCUT2D eigenvalue weighted by molar-refractivity contribution is -0.134. The molecule has 0 radical (unpaired) electrons. The van der Waals surface area contributed by atoms with Gasteiger partial charge >= 0.3 is 0 Å². The number of piperazine rings is 1. The summed E-state index contributed by atoms with van der Waals surface area (Å²) < 4.78 is 0. The molecule has 1 amide bonds. The Morgan fingerprint density at radius 3 is 2.69 bits per heavy atom. The molecular formula is C17H17ClN6O2. The SMILES string of the molecule is O=C(CO)N1CCN(c2ncc(Cl)c(-c3nc4ccccc4[nH]3)n2)CC1. The average Bonchev–Trinajstić information content (AvgIpc) is 3.12. The zero-order chi connectivity index (χ0) is 18.1. The number of nitrogens with one attached hydrogen (secondary N) is 1. The van der Waals surface area contributed by atoms with E-state index in [1.165, 1.54) is 0 Å². The lowest BCUT2D eigenvalue weighted by Crippen LogP contribution is -2.50. The third-order valence-corrected chi connectivity index (χ3v) is 4.67. The maximum absolute atomic E-state index is 11.6. The monoisotopic (exact) mass is 372 g/mol. The van der Waals surface area contributed by atoms with E-state index in [0.29, 0.717) is 48.7 Å². The molecule has 1 aliphatic rings. The van der Waals surface area contributed by atoms with Crippen LogP contribution in [0.25, 0.3) is 22.6 Å². The lowest BCUT2D eigenvalue weighted by atomic mass is 10.3. The predicted octanol–water partition coefficient (Wildman–Crippen LogP) is 1.31. The zero-order valence-electron chi connectivity index (χ0n) is 13.9. The van der Waals surface area contributed by atoms with Crippen LogP contribution in [0.15, 0.2) is 30.5 Å². The van der Waals surface area contributed by atoms with Crippen LogP contribution in [0, 0.1) is 0 Å². The zero-order valence-corrected chi connectivity index (χ0v) is 14.6. The fourth-order valence-electron chi connectivity index (χ4n) is 3.00. The second kappa shape index (κ2) is 6.89. The minimum Gasteiger partial charge on any atom is -0.387 e. The molecule has 0 aliphatic carbocycles. The molecule has 9 heteroatoms. The highest BCUT2D eigenvalue weighted by molar-refractivity contribution is 6.32. The lowest BCUT2D eigenvalue weighted by Gasteiger charge is -2.34. The number of aliphatic hydroxyl groups is 1. The molecule has 0 atom stereocenters. The molecule has 0 spiro atoms. The number of imidazole rings is 1. The minimum atomic E-state index is -0.465. The van der Waals surface area contributed by atoms with Gasteiger partial charge in [-0.05, 0) is 12.1 Å². The Bertz CT molecular complexity index is 918. The highest BCUT2D eigenvalue weighted by atomic mass is 35.5. The van der Waals surface area contributed by atoms with Gasteiger partial charge in [-0.25, -0.2) is 15.0 Å². The number of hydrogen-bond donors (Lipinski definition) is 2. The van der Waals surface area contributed by atoms with Crippen molar-refractivity contribution in [2.75, 3.05) is 37.7 Å². The molecule has 2 aromatic heterocycles. The summed E-state index contributed by atoms with van der Waals surface area (Å²) >= 11 is 6.30. The summed E-state index contributed by atoms with van der Waals surface area (Å²) in [6.45, 7) is 1.75. The molecule has 0 bridgehead atoms. The first-order valence-corrected chi connectivity index (χ1v) is 8.65. The van der Waals surface area contributed by atoms with Crippen LogP contribution in [-0.2, 0) is 4.79 Å². The van der Waals surface area contributed by atoms with Crippen LogP contribution in [0.4, 0.5) is 5.95 Å². The molecule has 8 nitrogen and oxygen atoms in total. The molecule has 4 rings (SSSR count). The normalized spacial score (nSPS) is 14.8. The Kier molecular flexibility index (Phi) is 4.44. The van der Waals surface area contributed by atoms with E-state index in [4.69, 9.17) is 16.7 Å². The first-order chi connectivity index (χ1) is 12.7. The number of aliphatic hydroxyl groups excluding tert-OH is 1. The van der Waals surface area contributed by atoms with Gasteiger partial charge < -0.3 is 19.9 Å². The third kappa shape index (κ3) is 3.09. The number of halogens is 1. The summed E-state index contributed by atoms with van der Waals surface area (Å²) in [6, 6.07) is 7.72. The number of carbonyl (C=O) groups is 1. The van der Waals surface area contributed by atoms with Gasteiger partial charge in [0.15, 0.2) is 5.82 Å². The number of fused-ring (bicyclic) bond motifs is 1. The maximum atomic E-state index is 11.6. The maximum Gasteiger partial charge on any atom is 0.248 e. The van der Waals surface area contributed by atoms with Crippen LogP contribution < -0.4 is 4.90 Å². The van der Waals surface area contributed by atoms with Gasteiger partial charge in [-0.2, -0.15) is 0 Å². The summed E-state index contributed by atoms with van der Waals surface area (Å²) in [4.78, 5) is 31.9. The molecule has 3 heterocycles. The van der Waals surface area contributed by atoms with Crippen molar-refractivity contribution in [1.29, 1.82) is 0 Å². The number of aromatic nitrogens is 4. The van der Waals surface area contributed by atoms with E-state index in [1.807, 2.05) is 29.2 Å². The Morgan fingerprint density at radius 1 is 1.19 bits per heavy atom. The fraction of sp³-hybridized carbons (Fsp3) is 0.294. The van der Waals surface area contributed by atoms with Crippen molar-refractivity contribution in [3.63, 3.8) is 0 Å². The van der Waals surface area contributed by atoms with Gasteiger partial charge in [-0.1, -0.05) is 23.7 Å². The number of aromatic amines is 1. The number of H-pyrrole nitrogens is 1. The van der Waals surface area contributed by atoms with E-state index in [2.05, 4.69) is 19.9 Å². The number of amides is 1. The summed E-state index contributed by atoms with van der Waals surface area (Å²) in [5.41, 5.74) is 2.30. The summed E-state index contributed by atoms with van der Waals surface area (Å²) in [6.07, 6.45) is 1.57. The number of benzene rings is 1. The van der Waals surface area contributed by atoms with E-state index in [-0.39, 0.29) is 5.91 Å². The third-order valence-electron chi connectivity index (χ3n) is 4.40. The van der Waals surface area contributed by atoms with Crippen LogP contribution in [0.3, 0.4) is 0 Å². The molecule has 1 aliphatic heterocycles. The molecule has 1 aromatic carbocycles. The topological polar surface area (TPSA) is 98.2 Å². The minimum absolute atomic E-state index is 0.260. The van der Waals surface area contributed by atoms with Crippen molar-refractivity contribution >= 4 is 34.5 Å². The Labute approximate surface area is 154 Å². The van der Waals surface area contributed by atoms with Crippen LogP contribution in [0.1, 0.15) is 0 Å². The van der Waals surface area contributed by atoms with Crippen LogP contribution in [0.2, 0.25) is 5.02 Å². The van der Waals surface area contributed by atoms with Gasteiger partial charge in [-0.15, -0.1) is 0 Å². The molecular weight excluding hydrogens is 356 g/mol. The number of carbonyl (C=O) groups excluding carboxylic acids is 1. The van der Waals surface area contributed by atoms with E-state index in [9.17, 15) is 4.79 Å². The predicted molar refractivity (Wildman–Crippen MR) is 98.0 cm³/mol. The largest absolute Gasteiger partial charge is 0.387 e. The number of rotatable bonds is 3. The van der Waals surface area contributed by atoms with Gasteiger partial charge in [0, 0.05) is 26.2 Å². The number of hydrogen-bond acceptors (Lipinski definition) is 6. The summed E-state index contributed by atoms with van der Waals surface area (Å²) in [7, 11) is 0. The van der Waals surface area contributed by atoms with Gasteiger partial charge in [0.1, 0.15) is 12.3 Å². The second-order valence-corrected chi connectivity index (χ2v) is 6.40. The molecule has 1 saturated heterocycles. The smallest absolute Gasteiger partial charge is 0.248 e. The number of nitrogens with zero attached hydrogens (tertiary/aromatic N) is 5. The molecule has 0 saturated carbocycles. The quantitative estimate of drug-likeness (QED) is 0.719. The van der Waals surface area contributed by atoms with Crippen LogP contribution in [-0.4, -0.2) is 68.6 Å². The molecule has 0 unspecified atom stereocenters. The van der Waals surface area contributed by atoms with Crippen molar-refractivity contribution in [2.45, 2.75) is 0 Å². The molecule has 1 fully saturated rings. The second-order valence-electron chi connectivity index (χ2n) is 6.00. The van der Waals surface area contributed by atoms with Crippen LogP contribution >= 0.6 is 11.6 Å². The van der Waals surface area contributed by atoms with E-state index >= 15 is 0 Å². The first-order valence-electron chi connectivity index (χ1n) is 8.27. The van der Waals surface area contributed by atoms with Gasteiger partial charge in [0.25, 0.3) is 0 Å². The first kappa shape index (κ1) is 16.7. The molecule has 134 valence electrons. The fourth-order valence-corrected chi connectivity index (χ4v) is 3.18. The van der Waals surface area contributed by atoms with E-state index in [0.717, 1.165) is 11.0 Å². The van der Waals surface area contributed by atoms with Crippen molar-refractivity contribution in [3.05, 3.63) is 35.5 Å². The van der Waals surface area contributed by atoms with Gasteiger partial charge in [0.2, 0.25) is 11.9 Å². The van der Waals surface area contributed by atoms with Crippen LogP contribution in [0.5, 0.6) is 0 Å². The van der Waals surface area contributed by atoms with E-state index in [1.54, 1.807) is 11.1 Å². The van der Waals surface area contributed by atoms with Crippen molar-refractivity contribution in [3.8, 4) is 11.5 Å². The molecule has 26 heavy (non-hydrogen) atoms.